The molecule has 0 aromatic heterocycles. The zero-order chi connectivity index (χ0) is 14.2. The summed E-state index contributed by atoms with van der Waals surface area (Å²) in [6.07, 6.45) is 8.30. The Morgan fingerprint density at radius 1 is 1.15 bits per heavy atom. The van der Waals surface area contributed by atoms with Gasteiger partial charge in [-0.25, -0.2) is 0 Å². The molecule has 1 saturated carbocycles. The molecule has 0 N–H and O–H groups in total. The largest absolute Gasteiger partial charge is 0.364 e. The number of anilines is 1. The molecule has 0 unspecified atom stereocenters. The van der Waals surface area contributed by atoms with Crippen molar-refractivity contribution in [2.24, 2.45) is 5.92 Å². The van der Waals surface area contributed by atoms with Gasteiger partial charge in [0.2, 0.25) is 0 Å². The first-order valence-corrected chi connectivity index (χ1v) is 8.14. The Morgan fingerprint density at radius 3 is 2.50 bits per heavy atom. The molecule has 1 aliphatic carbocycles. The average Bonchev–Trinajstić information content (AvgIpc) is 2.53. The molecule has 0 amide bonds. The second-order valence-corrected chi connectivity index (χ2v) is 5.91. The predicted molar refractivity (Wildman–Crippen MR) is 85.1 cm³/mol. The normalized spacial score (nSPS) is 16.1. The van der Waals surface area contributed by atoms with Gasteiger partial charge in [0.05, 0.1) is 6.54 Å². The second kappa shape index (κ2) is 8.08. The highest BCUT2D eigenvalue weighted by atomic mass is 16.1. The average molecular weight is 273 g/mol. The van der Waals surface area contributed by atoms with E-state index in [0.717, 1.165) is 25.8 Å². The summed E-state index contributed by atoms with van der Waals surface area (Å²) in [5.74, 6) is 0.765. The van der Waals surface area contributed by atoms with Crippen LogP contribution in [-0.2, 0) is 4.79 Å². The number of ketones is 1. The fourth-order valence-corrected chi connectivity index (χ4v) is 3.03. The van der Waals surface area contributed by atoms with Gasteiger partial charge in [0.15, 0.2) is 5.78 Å². The molecule has 110 valence electrons. The number of hydrogen-bond donors (Lipinski definition) is 0. The van der Waals surface area contributed by atoms with E-state index in [2.05, 4.69) is 36.1 Å². The van der Waals surface area contributed by atoms with Crippen molar-refractivity contribution in [1.82, 2.24) is 0 Å². The van der Waals surface area contributed by atoms with Crippen molar-refractivity contribution >= 4 is 11.5 Å². The lowest BCUT2D eigenvalue weighted by molar-refractivity contribution is -0.122. The minimum atomic E-state index is 0.316. The van der Waals surface area contributed by atoms with E-state index in [1.807, 2.05) is 6.07 Å². The summed E-state index contributed by atoms with van der Waals surface area (Å²) in [5, 5.41) is 0. The van der Waals surface area contributed by atoms with E-state index >= 15 is 0 Å². The van der Waals surface area contributed by atoms with Gasteiger partial charge in [-0.05, 0) is 31.4 Å². The minimum absolute atomic E-state index is 0.316. The number of hydrogen-bond acceptors (Lipinski definition) is 2. The zero-order valence-corrected chi connectivity index (χ0v) is 12.7. The molecule has 2 rings (SSSR count). The molecule has 0 bridgehead atoms. The van der Waals surface area contributed by atoms with E-state index in [4.69, 9.17) is 0 Å². The van der Waals surface area contributed by atoms with E-state index in [0.29, 0.717) is 18.2 Å². The second-order valence-electron chi connectivity index (χ2n) is 5.91. The summed E-state index contributed by atoms with van der Waals surface area (Å²) in [5.41, 5.74) is 1.19. The molecule has 2 nitrogen and oxygen atoms in total. The van der Waals surface area contributed by atoms with Gasteiger partial charge in [0.25, 0.3) is 0 Å². The van der Waals surface area contributed by atoms with Crippen molar-refractivity contribution in [2.75, 3.05) is 18.0 Å². The van der Waals surface area contributed by atoms with Crippen LogP contribution in [0.2, 0.25) is 0 Å². The van der Waals surface area contributed by atoms with Crippen molar-refractivity contribution in [3.8, 4) is 0 Å². The molecule has 0 aliphatic heterocycles. The molecule has 20 heavy (non-hydrogen) atoms. The topological polar surface area (TPSA) is 20.3 Å². The Morgan fingerprint density at radius 2 is 1.85 bits per heavy atom. The Labute approximate surface area is 123 Å². The molecule has 0 heterocycles. The molecule has 1 aliphatic rings. The monoisotopic (exact) mass is 273 g/mol. The summed E-state index contributed by atoms with van der Waals surface area (Å²) in [6, 6.07) is 10.4. The number of Topliss-reactive ketones (excluding diaryl/α,β-unsaturated/α-hetero) is 1. The molecule has 1 aromatic carbocycles. The maximum Gasteiger partial charge on any atom is 0.155 e. The molecular formula is C18H27NO. The quantitative estimate of drug-likeness (QED) is 0.732. The fraction of sp³-hybridized carbons (Fsp3) is 0.611. The number of nitrogens with zero attached hydrogens (tertiary/aromatic N) is 1. The number of unbranched alkanes of at least 4 members (excludes halogenated alkanes) is 1. The third kappa shape index (κ3) is 4.36. The van der Waals surface area contributed by atoms with Gasteiger partial charge in [-0.1, -0.05) is 50.8 Å². The Balaban J connectivity index is 1.97. The van der Waals surface area contributed by atoms with Crippen molar-refractivity contribution < 1.29 is 4.79 Å². The highest BCUT2D eigenvalue weighted by Gasteiger charge is 2.22. The van der Waals surface area contributed by atoms with Crippen LogP contribution in [0, 0.1) is 5.92 Å². The van der Waals surface area contributed by atoms with E-state index in [1.165, 1.54) is 31.4 Å². The Bertz CT molecular complexity index is 395. The number of carbonyl (C=O) groups excluding carboxylic acids is 1. The van der Waals surface area contributed by atoms with Crippen LogP contribution in [0.25, 0.3) is 0 Å². The van der Waals surface area contributed by atoms with E-state index in [-0.39, 0.29) is 0 Å². The first kappa shape index (κ1) is 15.1. The molecule has 0 atom stereocenters. The van der Waals surface area contributed by atoms with Crippen molar-refractivity contribution in [1.29, 1.82) is 0 Å². The molecule has 0 radical (unpaired) electrons. The van der Waals surface area contributed by atoms with Crippen LogP contribution >= 0.6 is 0 Å². The van der Waals surface area contributed by atoms with Gasteiger partial charge in [-0.2, -0.15) is 0 Å². The number of benzene rings is 1. The first-order chi connectivity index (χ1) is 9.81. The van der Waals surface area contributed by atoms with Crippen LogP contribution < -0.4 is 4.90 Å². The van der Waals surface area contributed by atoms with Crippen molar-refractivity contribution in [3.05, 3.63) is 30.3 Å². The van der Waals surface area contributed by atoms with Gasteiger partial charge < -0.3 is 4.90 Å². The van der Waals surface area contributed by atoms with E-state index < -0.39 is 0 Å². The summed E-state index contributed by atoms with van der Waals surface area (Å²) in [7, 11) is 0. The maximum absolute atomic E-state index is 12.5. The van der Waals surface area contributed by atoms with Gasteiger partial charge in [-0.15, -0.1) is 0 Å². The molecule has 1 aromatic rings. The maximum atomic E-state index is 12.5. The van der Waals surface area contributed by atoms with Crippen LogP contribution in [-0.4, -0.2) is 18.9 Å². The number of carbonyl (C=O) groups is 1. The molecule has 0 saturated heterocycles. The zero-order valence-electron chi connectivity index (χ0n) is 12.7. The smallest absolute Gasteiger partial charge is 0.155 e. The summed E-state index contributed by atoms with van der Waals surface area (Å²) < 4.78 is 0. The lowest BCUT2D eigenvalue weighted by Gasteiger charge is -2.27. The van der Waals surface area contributed by atoms with Crippen LogP contribution in [0.3, 0.4) is 0 Å². The summed E-state index contributed by atoms with van der Waals surface area (Å²) in [4.78, 5) is 14.8. The minimum Gasteiger partial charge on any atom is -0.364 e. The van der Waals surface area contributed by atoms with Crippen LogP contribution in [0.5, 0.6) is 0 Å². The molecule has 0 spiro atoms. The molecule has 2 heteroatoms. The van der Waals surface area contributed by atoms with Crippen molar-refractivity contribution in [2.45, 2.75) is 51.9 Å². The van der Waals surface area contributed by atoms with Crippen LogP contribution in [0.4, 0.5) is 5.69 Å². The first-order valence-electron chi connectivity index (χ1n) is 8.14. The van der Waals surface area contributed by atoms with Gasteiger partial charge >= 0.3 is 0 Å². The number of para-hydroxylation sites is 1. The summed E-state index contributed by atoms with van der Waals surface area (Å²) in [6.45, 7) is 3.78. The molecule has 1 fully saturated rings. The molecular weight excluding hydrogens is 246 g/mol. The Kier molecular flexibility index (Phi) is 6.10. The highest BCUT2D eigenvalue weighted by Crippen LogP contribution is 2.25. The lowest BCUT2D eigenvalue weighted by atomic mass is 9.86. The number of rotatable bonds is 7. The highest BCUT2D eigenvalue weighted by molar-refractivity contribution is 5.85. The van der Waals surface area contributed by atoms with Crippen LogP contribution in [0.1, 0.15) is 51.9 Å². The third-order valence-corrected chi connectivity index (χ3v) is 4.31. The van der Waals surface area contributed by atoms with Gasteiger partial charge in [-0.3, -0.25) is 4.79 Å². The Hall–Kier alpha value is -1.31. The predicted octanol–water partition coefficient (Wildman–Crippen LogP) is 4.44. The summed E-state index contributed by atoms with van der Waals surface area (Å²) >= 11 is 0. The fourth-order valence-electron chi connectivity index (χ4n) is 3.03. The van der Waals surface area contributed by atoms with E-state index in [9.17, 15) is 4.79 Å². The third-order valence-electron chi connectivity index (χ3n) is 4.31. The standard InChI is InChI=1S/C18H27NO/c1-2-3-14-19(17-12-8-5-9-13-17)15-18(20)16-10-6-4-7-11-16/h5,8-9,12-13,16H,2-4,6-7,10-11,14-15H2,1H3. The van der Waals surface area contributed by atoms with Crippen LogP contribution in [0.15, 0.2) is 30.3 Å². The lowest BCUT2D eigenvalue weighted by Crippen LogP contribution is -2.34. The van der Waals surface area contributed by atoms with Crippen molar-refractivity contribution in [3.63, 3.8) is 0 Å². The van der Waals surface area contributed by atoms with E-state index in [1.54, 1.807) is 0 Å². The van der Waals surface area contributed by atoms with Gasteiger partial charge in [0.1, 0.15) is 0 Å². The van der Waals surface area contributed by atoms with Gasteiger partial charge in [0, 0.05) is 18.2 Å². The SMILES string of the molecule is CCCCN(CC(=O)C1CCCCC1)c1ccccc1.